The van der Waals surface area contributed by atoms with E-state index < -0.39 is 28.4 Å². The monoisotopic (exact) mass is 512 g/mol. The molecule has 0 saturated carbocycles. The van der Waals surface area contributed by atoms with Gasteiger partial charge in [-0.2, -0.15) is 0 Å². The minimum atomic E-state index is -4.19. The molecule has 3 rings (SSSR count). The summed E-state index contributed by atoms with van der Waals surface area (Å²) in [6, 6.07) is 15.7. The second kappa shape index (κ2) is 11.1. The van der Waals surface area contributed by atoms with Gasteiger partial charge in [0.1, 0.15) is 18.0 Å². The SMILES string of the molecule is COC(=O)c1ccc(C)c(NC(=O)CN(c2cc(OC)ccc2OC)S(=O)(=O)c2ccc(C)cc2)c1. The van der Waals surface area contributed by atoms with Gasteiger partial charge in [0.2, 0.25) is 5.91 Å². The zero-order chi connectivity index (χ0) is 26.5. The first-order chi connectivity index (χ1) is 17.1. The highest BCUT2D eigenvalue weighted by Gasteiger charge is 2.30. The van der Waals surface area contributed by atoms with Crippen molar-refractivity contribution >= 4 is 33.3 Å². The van der Waals surface area contributed by atoms with E-state index in [0.717, 1.165) is 9.87 Å². The summed E-state index contributed by atoms with van der Waals surface area (Å²) in [6.07, 6.45) is 0. The van der Waals surface area contributed by atoms with Gasteiger partial charge in [-0.3, -0.25) is 9.10 Å². The van der Waals surface area contributed by atoms with Gasteiger partial charge in [-0.15, -0.1) is 0 Å². The number of aryl methyl sites for hydroxylation is 2. The Morgan fingerprint density at radius 2 is 1.58 bits per heavy atom. The number of sulfonamides is 1. The van der Waals surface area contributed by atoms with E-state index in [1.165, 1.54) is 45.6 Å². The number of esters is 1. The number of ether oxygens (including phenoxy) is 3. The van der Waals surface area contributed by atoms with Crippen molar-refractivity contribution in [3.05, 3.63) is 77.4 Å². The number of carbonyl (C=O) groups excluding carboxylic acids is 2. The number of hydrogen-bond acceptors (Lipinski definition) is 7. The van der Waals surface area contributed by atoms with Crippen molar-refractivity contribution in [2.24, 2.45) is 0 Å². The van der Waals surface area contributed by atoms with Gasteiger partial charge in [-0.25, -0.2) is 13.2 Å². The van der Waals surface area contributed by atoms with Gasteiger partial charge in [0.05, 0.1) is 37.5 Å². The number of methoxy groups -OCH3 is 3. The average molecular weight is 513 g/mol. The zero-order valence-electron chi connectivity index (χ0n) is 20.7. The number of rotatable bonds is 9. The quantitative estimate of drug-likeness (QED) is 0.432. The van der Waals surface area contributed by atoms with Crippen LogP contribution in [0.1, 0.15) is 21.5 Å². The molecule has 0 atom stereocenters. The second-order valence-electron chi connectivity index (χ2n) is 7.93. The number of benzene rings is 3. The molecule has 0 bridgehead atoms. The van der Waals surface area contributed by atoms with Crippen molar-refractivity contribution < 1.29 is 32.2 Å². The molecule has 3 aromatic carbocycles. The fourth-order valence-corrected chi connectivity index (χ4v) is 4.87. The minimum absolute atomic E-state index is 0.00893. The number of anilines is 2. The molecule has 0 radical (unpaired) electrons. The second-order valence-corrected chi connectivity index (χ2v) is 9.79. The van der Waals surface area contributed by atoms with E-state index >= 15 is 0 Å². The lowest BCUT2D eigenvalue weighted by Gasteiger charge is -2.26. The maximum atomic E-state index is 13.7. The third kappa shape index (κ3) is 5.77. The van der Waals surface area contributed by atoms with Crippen molar-refractivity contribution in [2.45, 2.75) is 18.7 Å². The maximum absolute atomic E-state index is 13.7. The minimum Gasteiger partial charge on any atom is -0.497 e. The highest BCUT2D eigenvalue weighted by atomic mass is 32.2. The summed E-state index contributed by atoms with van der Waals surface area (Å²) < 4.78 is 43.9. The van der Waals surface area contributed by atoms with E-state index in [0.29, 0.717) is 17.0 Å². The standard InChI is InChI=1S/C26H28N2O7S/c1-17-6-11-21(12-7-17)36(31,32)28(23-15-20(33-3)10-13-24(23)34-4)16-25(29)27-22-14-19(26(30)35-5)9-8-18(22)2/h6-15H,16H2,1-5H3,(H,27,29). The fourth-order valence-electron chi connectivity index (χ4n) is 3.45. The van der Waals surface area contributed by atoms with Crippen LogP contribution >= 0.6 is 0 Å². The van der Waals surface area contributed by atoms with Crippen LogP contribution in [0.3, 0.4) is 0 Å². The molecule has 3 aromatic rings. The van der Waals surface area contributed by atoms with Crippen molar-refractivity contribution in [3.63, 3.8) is 0 Å². The van der Waals surface area contributed by atoms with Gasteiger partial charge < -0.3 is 19.5 Å². The molecule has 0 aromatic heterocycles. The van der Waals surface area contributed by atoms with Crippen molar-refractivity contribution in [1.82, 2.24) is 0 Å². The molecule has 190 valence electrons. The number of amides is 1. The molecule has 0 aliphatic heterocycles. The van der Waals surface area contributed by atoms with Crippen molar-refractivity contribution in [2.75, 3.05) is 37.5 Å². The summed E-state index contributed by atoms with van der Waals surface area (Å²) in [5, 5.41) is 2.70. The number of hydrogen-bond donors (Lipinski definition) is 1. The van der Waals surface area contributed by atoms with Crippen molar-refractivity contribution in [3.8, 4) is 11.5 Å². The largest absolute Gasteiger partial charge is 0.497 e. The Kier molecular flexibility index (Phi) is 8.21. The van der Waals surface area contributed by atoms with E-state index in [2.05, 4.69) is 5.32 Å². The van der Waals surface area contributed by atoms with Gasteiger partial charge in [-0.1, -0.05) is 23.8 Å². The summed E-state index contributed by atoms with van der Waals surface area (Å²) in [5.41, 5.74) is 2.30. The molecule has 0 aliphatic rings. The Labute approximate surface area is 210 Å². The summed E-state index contributed by atoms with van der Waals surface area (Å²) in [7, 11) is -0.0699. The molecule has 0 heterocycles. The van der Waals surface area contributed by atoms with E-state index in [4.69, 9.17) is 14.2 Å². The first-order valence-electron chi connectivity index (χ1n) is 10.9. The lowest BCUT2D eigenvalue weighted by atomic mass is 10.1. The molecule has 1 amide bonds. The van der Waals surface area contributed by atoms with Crippen LogP contribution in [-0.2, 0) is 19.6 Å². The summed E-state index contributed by atoms with van der Waals surface area (Å²) in [4.78, 5) is 25.1. The zero-order valence-corrected chi connectivity index (χ0v) is 21.5. The lowest BCUT2D eigenvalue weighted by molar-refractivity contribution is -0.114. The van der Waals surface area contributed by atoms with Crippen LogP contribution in [0, 0.1) is 13.8 Å². The van der Waals surface area contributed by atoms with Gasteiger partial charge in [-0.05, 0) is 55.8 Å². The normalized spacial score (nSPS) is 10.9. The third-order valence-electron chi connectivity index (χ3n) is 5.48. The van der Waals surface area contributed by atoms with Crippen LogP contribution < -0.4 is 19.1 Å². The van der Waals surface area contributed by atoms with Crippen LogP contribution in [0.4, 0.5) is 11.4 Å². The summed E-state index contributed by atoms with van der Waals surface area (Å²) in [5.74, 6) is -0.559. The lowest BCUT2D eigenvalue weighted by Crippen LogP contribution is -2.38. The van der Waals surface area contributed by atoms with E-state index in [-0.39, 0.29) is 21.9 Å². The number of carbonyl (C=O) groups is 2. The predicted octanol–water partition coefficient (Wildman–Crippen LogP) is 3.94. The fraction of sp³-hybridized carbons (Fsp3) is 0.231. The van der Waals surface area contributed by atoms with E-state index in [1.807, 2.05) is 6.92 Å². The van der Waals surface area contributed by atoms with E-state index in [1.54, 1.807) is 43.3 Å². The highest BCUT2D eigenvalue weighted by molar-refractivity contribution is 7.92. The molecule has 0 saturated heterocycles. The Morgan fingerprint density at radius 3 is 2.19 bits per heavy atom. The summed E-state index contributed by atoms with van der Waals surface area (Å²) in [6.45, 7) is 3.03. The smallest absolute Gasteiger partial charge is 0.337 e. The molecule has 0 fully saturated rings. The Hall–Kier alpha value is -4.05. The third-order valence-corrected chi connectivity index (χ3v) is 7.26. The van der Waals surface area contributed by atoms with Crippen molar-refractivity contribution in [1.29, 1.82) is 0 Å². The number of nitrogens with zero attached hydrogens (tertiary/aromatic N) is 1. The molecule has 0 spiro atoms. The first kappa shape index (κ1) is 26.6. The maximum Gasteiger partial charge on any atom is 0.337 e. The Bertz CT molecular complexity index is 1370. The Morgan fingerprint density at radius 1 is 0.889 bits per heavy atom. The van der Waals surface area contributed by atoms with Crippen LogP contribution in [0.5, 0.6) is 11.5 Å². The first-order valence-corrected chi connectivity index (χ1v) is 12.3. The average Bonchev–Trinajstić information content (AvgIpc) is 2.87. The van der Waals surface area contributed by atoms with Gasteiger partial charge in [0.15, 0.2) is 0 Å². The van der Waals surface area contributed by atoms with Gasteiger partial charge in [0, 0.05) is 11.8 Å². The Balaban J connectivity index is 2.05. The highest BCUT2D eigenvalue weighted by Crippen LogP contribution is 2.35. The topological polar surface area (TPSA) is 111 Å². The van der Waals surface area contributed by atoms with Crippen LogP contribution in [0.2, 0.25) is 0 Å². The van der Waals surface area contributed by atoms with Gasteiger partial charge >= 0.3 is 5.97 Å². The number of nitrogens with one attached hydrogen (secondary N) is 1. The molecule has 9 nitrogen and oxygen atoms in total. The molecule has 0 unspecified atom stereocenters. The predicted molar refractivity (Wildman–Crippen MR) is 136 cm³/mol. The van der Waals surface area contributed by atoms with E-state index in [9.17, 15) is 18.0 Å². The molecule has 10 heteroatoms. The van der Waals surface area contributed by atoms with Crippen LogP contribution in [0.25, 0.3) is 0 Å². The van der Waals surface area contributed by atoms with Crippen LogP contribution in [-0.4, -0.2) is 48.2 Å². The van der Waals surface area contributed by atoms with Gasteiger partial charge in [0.25, 0.3) is 10.0 Å². The molecular weight excluding hydrogens is 484 g/mol. The molecule has 36 heavy (non-hydrogen) atoms. The summed E-state index contributed by atoms with van der Waals surface area (Å²) >= 11 is 0. The van der Waals surface area contributed by atoms with Crippen LogP contribution in [0.15, 0.2) is 65.6 Å². The molecule has 1 N–H and O–H groups in total. The molecular formula is C26H28N2O7S. The molecule has 0 aliphatic carbocycles.